The van der Waals surface area contributed by atoms with Gasteiger partial charge in [-0.2, -0.15) is 0 Å². The molecule has 0 bridgehead atoms. The van der Waals surface area contributed by atoms with E-state index in [2.05, 4.69) is 66.0 Å². The van der Waals surface area contributed by atoms with Crippen LogP contribution < -0.4 is 10.6 Å². The van der Waals surface area contributed by atoms with Gasteiger partial charge < -0.3 is 15.7 Å². The second-order valence-electron chi connectivity index (χ2n) is 19.0. The molecular weight excluding hydrogens is 528 g/mol. The molecule has 3 N–H and O–H groups in total. The fourth-order valence-electron chi connectivity index (χ4n) is 12.7. The molecule has 2 aliphatic heterocycles. The summed E-state index contributed by atoms with van der Waals surface area (Å²) in [5, 5.41) is 19.9. The molecule has 5 fully saturated rings. The van der Waals surface area contributed by atoms with E-state index < -0.39 is 11.4 Å². The first-order chi connectivity index (χ1) is 20.1. The summed E-state index contributed by atoms with van der Waals surface area (Å²) in [6.07, 6.45) is 22.5. The van der Waals surface area contributed by atoms with E-state index in [-0.39, 0.29) is 34.0 Å². The van der Waals surface area contributed by atoms with Crippen molar-refractivity contribution >= 4 is 5.97 Å². The van der Waals surface area contributed by atoms with Crippen LogP contribution in [0.5, 0.6) is 0 Å². The van der Waals surface area contributed by atoms with Crippen molar-refractivity contribution in [1.82, 2.24) is 10.6 Å². The Labute approximate surface area is 266 Å². The van der Waals surface area contributed by atoms with Crippen molar-refractivity contribution in [2.45, 2.75) is 193 Å². The van der Waals surface area contributed by atoms with Gasteiger partial charge >= 0.3 is 5.97 Å². The number of nitrogens with one attached hydrogen (secondary N) is 2. The van der Waals surface area contributed by atoms with Crippen molar-refractivity contribution in [2.24, 2.45) is 46.8 Å². The molecule has 0 aromatic rings. The van der Waals surface area contributed by atoms with Crippen LogP contribution in [0.2, 0.25) is 0 Å². The lowest BCUT2D eigenvalue weighted by Gasteiger charge is -2.63. The molecule has 5 rings (SSSR count). The summed E-state index contributed by atoms with van der Waals surface area (Å²) in [5.41, 5.74) is -0.724. The van der Waals surface area contributed by atoms with Crippen LogP contribution in [0.4, 0.5) is 0 Å². The van der Waals surface area contributed by atoms with Crippen molar-refractivity contribution < 1.29 is 9.90 Å². The first-order valence-electron chi connectivity index (χ1n) is 18.9. The molecule has 4 nitrogen and oxygen atoms in total. The lowest BCUT2D eigenvalue weighted by atomic mass is 9.45. The quantitative estimate of drug-likeness (QED) is 0.273. The minimum absolute atomic E-state index is 0.0136. The van der Waals surface area contributed by atoms with E-state index in [0.717, 1.165) is 43.9 Å². The summed E-state index contributed by atoms with van der Waals surface area (Å²) < 4.78 is 0. The van der Waals surface area contributed by atoms with Crippen molar-refractivity contribution in [3.8, 4) is 0 Å². The molecule has 43 heavy (non-hydrogen) atoms. The lowest BCUT2D eigenvalue weighted by Crippen LogP contribution is -2.69. The van der Waals surface area contributed by atoms with Gasteiger partial charge in [-0.05, 0) is 135 Å². The molecule has 0 aromatic carbocycles. The summed E-state index contributed by atoms with van der Waals surface area (Å²) in [4.78, 5) is 14.3. The smallest absolute Gasteiger partial charge is 0.310 e. The molecule has 0 amide bonds. The van der Waals surface area contributed by atoms with Crippen LogP contribution in [0.1, 0.15) is 171 Å². The Kier molecular flexibility index (Phi) is 9.84. The molecule has 5 aliphatic rings. The molecule has 3 saturated carbocycles. The average molecular weight is 599 g/mol. The Bertz CT molecular complexity index is 956. The molecule has 2 heterocycles. The maximum absolute atomic E-state index is 14.3. The summed E-state index contributed by atoms with van der Waals surface area (Å²) in [5.74, 6) is 2.99. The minimum Gasteiger partial charge on any atom is -0.481 e. The van der Waals surface area contributed by atoms with Crippen LogP contribution in [-0.2, 0) is 4.79 Å². The number of aliphatic carboxylic acids is 1. The topological polar surface area (TPSA) is 61.4 Å². The van der Waals surface area contributed by atoms with E-state index in [1.54, 1.807) is 0 Å². The van der Waals surface area contributed by atoms with Crippen molar-refractivity contribution in [1.29, 1.82) is 0 Å². The largest absolute Gasteiger partial charge is 0.481 e. The number of rotatable bonds is 7. The van der Waals surface area contributed by atoms with Crippen molar-refractivity contribution in [3.63, 3.8) is 0 Å². The first kappa shape index (κ1) is 33.7. The molecule has 0 spiro atoms. The molecule has 6 unspecified atom stereocenters. The normalized spacial score (nSPS) is 40.1. The number of carboxylic acids is 1. The highest BCUT2D eigenvalue weighted by Gasteiger charge is 2.63. The van der Waals surface area contributed by atoms with Gasteiger partial charge in [0.05, 0.1) is 5.41 Å². The molecule has 0 aromatic heterocycles. The Balaban J connectivity index is 1.59. The van der Waals surface area contributed by atoms with Crippen LogP contribution in [0, 0.1) is 46.8 Å². The van der Waals surface area contributed by atoms with Gasteiger partial charge in [0.25, 0.3) is 0 Å². The van der Waals surface area contributed by atoms with Crippen LogP contribution in [0.3, 0.4) is 0 Å². The van der Waals surface area contributed by atoms with Crippen molar-refractivity contribution in [2.75, 3.05) is 0 Å². The van der Waals surface area contributed by atoms with Crippen LogP contribution in [0.15, 0.2) is 0 Å². The van der Waals surface area contributed by atoms with E-state index in [1.165, 1.54) is 83.5 Å². The molecule has 0 radical (unpaired) electrons. The van der Waals surface area contributed by atoms with Gasteiger partial charge in [-0.15, -0.1) is 0 Å². The minimum atomic E-state index is -0.632. The number of piperidine rings is 2. The summed E-state index contributed by atoms with van der Waals surface area (Å²) in [7, 11) is 0. The zero-order valence-corrected chi connectivity index (χ0v) is 29.6. The highest BCUT2D eigenvalue weighted by atomic mass is 16.4. The Morgan fingerprint density at radius 3 is 1.60 bits per heavy atom. The molecule has 6 atom stereocenters. The second-order valence-corrected chi connectivity index (χ2v) is 19.0. The SMILES string of the molecule is CC1(C)CC(C2CCCCC2(C(=O)O)C2CC(C)(C)NC(C)(C)C2CC2CCCCC2)C(CC2CCCCC2)C(C)(C)N1. The maximum atomic E-state index is 14.3. The first-order valence-corrected chi connectivity index (χ1v) is 18.9. The Hall–Kier alpha value is -0.610. The second kappa shape index (κ2) is 12.5. The molecule has 4 heteroatoms. The van der Waals surface area contributed by atoms with E-state index in [0.29, 0.717) is 17.8 Å². The monoisotopic (exact) mass is 599 g/mol. The number of carboxylic acid groups (broad SMARTS) is 1. The zero-order valence-electron chi connectivity index (χ0n) is 29.6. The van der Waals surface area contributed by atoms with E-state index in [1.807, 2.05) is 0 Å². The molecule has 2 saturated heterocycles. The van der Waals surface area contributed by atoms with E-state index >= 15 is 0 Å². The van der Waals surface area contributed by atoms with Crippen LogP contribution >= 0.6 is 0 Å². The highest BCUT2D eigenvalue weighted by molar-refractivity contribution is 5.76. The fourth-order valence-corrected chi connectivity index (χ4v) is 12.7. The van der Waals surface area contributed by atoms with E-state index in [4.69, 9.17) is 0 Å². The zero-order chi connectivity index (χ0) is 31.3. The van der Waals surface area contributed by atoms with E-state index in [9.17, 15) is 9.90 Å². The molecule has 3 aliphatic carbocycles. The fraction of sp³-hybridized carbons (Fsp3) is 0.974. The third-order valence-electron chi connectivity index (χ3n) is 13.9. The molecule has 248 valence electrons. The summed E-state index contributed by atoms with van der Waals surface area (Å²) >= 11 is 0. The highest BCUT2D eigenvalue weighted by Crippen LogP contribution is 2.62. The lowest BCUT2D eigenvalue weighted by molar-refractivity contribution is -0.180. The predicted octanol–water partition coefficient (Wildman–Crippen LogP) is 9.75. The van der Waals surface area contributed by atoms with Gasteiger partial charge in [0.15, 0.2) is 0 Å². The number of hydrogen-bond donors (Lipinski definition) is 3. The predicted molar refractivity (Wildman–Crippen MR) is 180 cm³/mol. The number of carbonyl (C=O) groups is 1. The number of hydrogen-bond acceptors (Lipinski definition) is 3. The molecular formula is C39H70N2O2. The van der Waals surface area contributed by atoms with Gasteiger partial charge in [0.2, 0.25) is 0 Å². The van der Waals surface area contributed by atoms with Gasteiger partial charge in [-0.25, -0.2) is 0 Å². The summed E-state index contributed by atoms with van der Waals surface area (Å²) in [6, 6.07) is 0. The van der Waals surface area contributed by atoms with Gasteiger partial charge in [-0.3, -0.25) is 4.79 Å². The van der Waals surface area contributed by atoms with Crippen molar-refractivity contribution in [3.05, 3.63) is 0 Å². The van der Waals surface area contributed by atoms with Crippen LogP contribution in [-0.4, -0.2) is 33.2 Å². The summed E-state index contributed by atoms with van der Waals surface area (Å²) in [6.45, 7) is 19.3. The Morgan fingerprint density at radius 1 is 0.605 bits per heavy atom. The third-order valence-corrected chi connectivity index (χ3v) is 13.9. The van der Waals surface area contributed by atoms with Gasteiger partial charge in [0, 0.05) is 22.2 Å². The third kappa shape index (κ3) is 7.06. The van der Waals surface area contributed by atoms with Crippen LogP contribution in [0.25, 0.3) is 0 Å². The maximum Gasteiger partial charge on any atom is 0.310 e. The average Bonchev–Trinajstić information content (AvgIpc) is 2.91. The standard InChI is InChI=1S/C39H70N2O2/c1-35(2)25-29(31(37(5,6)40-35)23-27-17-11-9-12-18-27)30-21-15-16-22-39(30,34(42)43)33-26-36(3,4)41-38(7,8)32(33)24-28-19-13-10-14-20-28/h27-33,40-41H,9-26H2,1-8H3,(H,42,43). The van der Waals surface area contributed by atoms with Gasteiger partial charge in [0.1, 0.15) is 0 Å². The Morgan fingerprint density at radius 2 is 1.07 bits per heavy atom. The van der Waals surface area contributed by atoms with Gasteiger partial charge in [-0.1, -0.05) is 77.0 Å².